The first-order valence-electron chi connectivity index (χ1n) is 6.01. The summed E-state index contributed by atoms with van der Waals surface area (Å²) in [5, 5.41) is 8.94. The Morgan fingerprint density at radius 2 is 1.94 bits per heavy atom. The van der Waals surface area contributed by atoms with Gasteiger partial charge in [-0.25, -0.2) is 9.59 Å². The molecule has 1 aromatic rings. The number of aromatic nitrogens is 2. The number of aromatic carboxylic acids is 1. The molecule has 0 atom stereocenters. The summed E-state index contributed by atoms with van der Waals surface area (Å²) < 4.78 is 0. The maximum atomic E-state index is 11.1. The first-order valence-corrected chi connectivity index (χ1v) is 6.01. The van der Waals surface area contributed by atoms with E-state index in [0.717, 1.165) is 32.7 Å². The van der Waals surface area contributed by atoms with Crippen LogP contribution in [0.3, 0.4) is 0 Å². The lowest BCUT2D eigenvalue weighted by Crippen LogP contribution is -2.45. The lowest BCUT2D eigenvalue weighted by molar-refractivity contribution is 0.0689. The van der Waals surface area contributed by atoms with Crippen LogP contribution in [0.25, 0.3) is 0 Å². The van der Waals surface area contributed by atoms with Gasteiger partial charge in [0.05, 0.1) is 5.69 Å². The molecule has 1 aliphatic rings. The molecule has 0 bridgehead atoms. The third-order valence-corrected chi connectivity index (χ3v) is 3.29. The highest BCUT2D eigenvalue weighted by Gasteiger charge is 2.17. The van der Waals surface area contributed by atoms with Crippen molar-refractivity contribution in [3.8, 4) is 0 Å². The monoisotopic (exact) mass is 254 g/mol. The quantitative estimate of drug-likeness (QED) is 0.653. The van der Waals surface area contributed by atoms with Gasteiger partial charge in [-0.2, -0.15) is 0 Å². The summed E-state index contributed by atoms with van der Waals surface area (Å²) in [6.07, 6.45) is 0.546. The standard InChI is InChI=1S/C11H18N4O3/c1-14-4-6-15(7-5-14)3-2-8-9(10(16)17)13-11(18)12-8/h2-7H2,1H3,(H,16,17)(H2,12,13,18). The zero-order chi connectivity index (χ0) is 13.1. The van der Waals surface area contributed by atoms with Crippen molar-refractivity contribution in [1.82, 2.24) is 19.8 Å². The number of rotatable bonds is 4. The Bertz CT molecular complexity index is 471. The molecule has 2 heterocycles. The topological polar surface area (TPSA) is 92.4 Å². The minimum absolute atomic E-state index is 0.0193. The van der Waals surface area contributed by atoms with Crippen molar-refractivity contribution in [3.05, 3.63) is 21.9 Å². The van der Waals surface area contributed by atoms with Gasteiger partial charge in [-0.3, -0.25) is 4.98 Å². The van der Waals surface area contributed by atoms with Gasteiger partial charge >= 0.3 is 11.7 Å². The number of nitrogens with zero attached hydrogens (tertiary/aromatic N) is 2. The van der Waals surface area contributed by atoms with Crippen LogP contribution in [-0.4, -0.2) is 70.6 Å². The molecule has 0 amide bonds. The highest BCUT2D eigenvalue weighted by molar-refractivity contribution is 5.86. The van der Waals surface area contributed by atoms with E-state index >= 15 is 0 Å². The van der Waals surface area contributed by atoms with E-state index in [1.807, 2.05) is 0 Å². The van der Waals surface area contributed by atoms with E-state index < -0.39 is 11.7 Å². The number of carbonyl (C=O) groups is 1. The zero-order valence-electron chi connectivity index (χ0n) is 10.4. The van der Waals surface area contributed by atoms with Crippen molar-refractivity contribution in [1.29, 1.82) is 0 Å². The summed E-state index contributed by atoms with van der Waals surface area (Å²) in [6.45, 7) is 4.77. The Morgan fingerprint density at radius 3 is 2.56 bits per heavy atom. The average Bonchev–Trinajstić information content (AvgIpc) is 2.70. The predicted octanol–water partition coefficient (Wildman–Crippen LogP) is -0.809. The van der Waals surface area contributed by atoms with Crippen molar-refractivity contribution < 1.29 is 9.90 Å². The van der Waals surface area contributed by atoms with E-state index in [0.29, 0.717) is 12.1 Å². The van der Waals surface area contributed by atoms with Gasteiger partial charge in [0.2, 0.25) is 0 Å². The molecular weight excluding hydrogens is 236 g/mol. The number of nitrogens with one attached hydrogen (secondary N) is 2. The zero-order valence-corrected chi connectivity index (χ0v) is 10.4. The Labute approximate surface area is 104 Å². The molecule has 1 aromatic heterocycles. The molecule has 0 saturated carbocycles. The van der Waals surface area contributed by atoms with Crippen LogP contribution in [0.1, 0.15) is 16.2 Å². The average molecular weight is 254 g/mol. The van der Waals surface area contributed by atoms with E-state index in [1.54, 1.807) is 0 Å². The van der Waals surface area contributed by atoms with Crippen LogP contribution in [0, 0.1) is 0 Å². The Hall–Kier alpha value is -1.60. The molecule has 1 fully saturated rings. The van der Waals surface area contributed by atoms with Crippen LogP contribution in [0.4, 0.5) is 0 Å². The summed E-state index contributed by atoms with van der Waals surface area (Å²) in [7, 11) is 2.09. The second kappa shape index (κ2) is 5.36. The molecule has 7 heteroatoms. The van der Waals surface area contributed by atoms with E-state index in [9.17, 15) is 9.59 Å². The summed E-state index contributed by atoms with van der Waals surface area (Å²) in [5.41, 5.74) is 0.00123. The first kappa shape index (κ1) is 12.8. The van der Waals surface area contributed by atoms with Gasteiger partial charge in [0.1, 0.15) is 5.69 Å². The van der Waals surface area contributed by atoms with E-state index in [-0.39, 0.29) is 5.69 Å². The van der Waals surface area contributed by atoms with Crippen molar-refractivity contribution in [2.75, 3.05) is 39.8 Å². The number of aromatic amines is 2. The van der Waals surface area contributed by atoms with E-state index in [1.165, 1.54) is 0 Å². The van der Waals surface area contributed by atoms with Crippen molar-refractivity contribution in [2.24, 2.45) is 0 Å². The normalized spacial score (nSPS) is 18.1. The molecular formula is C11H18N4O3. The lowest BCUT2D eigenvalue weighted by Gasteiger charge is -2.32. The lowest BCUT2D eigenvalue weighted by atomic mass is 10.2. The minimum atomic E-state index is -1.10. The largest absolute Gasteiger partial charge is 0.477 e. The molecule has 1 aliphatic heterocycles. The molecule has 0 aliphatic carbocycles. The summed E-state index contributed by atoms with van der Waals surface area (Å²) in [6, 6.07) is 0. The fourth-order valence-electron chi connectivity index (χ4n) is 2.13. The molecule has 7 nitrogen and oxygen atoms in total. The number of H-pyrrole nitrogens is 2. The van der Waals surface area contributed by atoms with Crippen LogP contribution in [0.5, 0.6) is 0 Å². The number of piperazine rings is 1. The van der Waals surface area contributed by atoms with Crippen molar-refractivity contribution in [2.45, 2.75) is 6.42 Å². The molecule has 0 aromatic carbocycles. The van der Waals surface area contributed by atoms with Gasteiger partial charge in [0.15, 0.2) is 0 Å². The fraction of sp³-hybridized carbons (Fsp3) is 0.636. The van der Waals surface area contributed by atoms with E-state index in [4.69, 9.17) is 5.11 Å². The SMILES string of the molecule is CN1CCN(CCc2[nH]c(=O)[nH]c2C(=O)O)CC1. The second-order valence-corrected chi connectivity index (χ2v) is 4.63. The number of likely N-dealkylation sites (N-methyl/N-ethyl adjacent to an activating group) is 1. The van der Waals surface area contributed by atoms with Crippen LogP contribution in [-0.2, 0) is 6.42 Å². The molecule has 0 radical (unpaired) electrons. The number of imidazole rings is 1. The Kier molecular flexibility index (Phi) is 3.83. The van der Waals surface area contributed by atoms with Crippen molar-refractivity contribution in [3.63, 3.8) is 0 Å². The molecule has 0 unspecified atom stereocenters. The maximum Gasteiger partial charge on any atom is 0.354 e. The second-order valence-electron chi connectivity index (χ2n) is 4.63. The van der Waals surface area contributed by atoms with Crippen LogP contribution < -0.4 is 5.69 Å². The van der Waals surface area contributed by atoms with Gasteiger partial charge in [0, 0.05) is 39.1 Å². The van der Waals surface area contributed by atoms with Gasteiger partial charge in [-0.15, -0.1) is 0 Å². The number of hydrogen-bond acceptors (Lipinski definition) is 4. The summed E-state index contributed by atoms with van der Waals surface area (Å²) in [4.78, 5) is 31.4. The molecule has 0 spiro atoms. The third kappa shape index (κ3) is 2.99. The van der Waals surface area contributed by atoms with Crippen LogP contribution in [0.2, 0.25) is 0 Å². The molecule has 2 rings (SSSR count). The van der Waals surface area contributed by atoms with Gasteiger partial charge in [0.25, 0.3) is 0 Å². The highest BCUT2D eigenvalue weighted by Crippen LogP contribution is 2.05. The Morgan fingerprint density at radius 1 is 1.28 bits per heavy atom. The molecule has 100 valence electrons. The smallest absolute Gasteiger partial charge is 0.354 e. The maximum absolute atomic E-state index is 11.1. The molecule has 3 N–H and O–H groups in total. The van der Waals surface area contributed by atoms with Crippen LogP contribution >= 0.6 is 0 Å². The van der Waals surface area contributed by atoms with Gasteiger partial charge < -0.3 is 19.9 Å². The molecule has 1 saturated heterocycles. The predicted molar refractivity (Wildman–Crippen MR) is 66.0 cm³/mol. The van der Waals surface area contributed by atoms with Gasteiger partial charge in [-0.05, 0) is 7.05 Å². The number of carboxylic acid groups (broad SMARTS) is 1. The first-order chi connectivity index (χ1) is 8.56. The fourth-order valence-corrected chi connectivity index (χ4v) is 2.13. The minimum Gasteiger partial charge on any atom is -0.477 e. The van der Waals surface area contributed by atoms with Crippen LogP contribution in [0.15, 0.2) is 4.79 Å². The summed E-state index contributed by atoms with van der Waals surface area (Å²) >= 11 is 0. The number of hydrogen-bond donors (Lipinski definition) is 3. The third-order valence-electron chi connectivity index (χ3n) is 3.29. The van der Waals surface area contributed by atoms with Crippen molar-refractivity contribution >= 4 is 5.97 Å². The van der Waals surface area contributed by atoms with E-state index in [2.05, 4.69) is 26.8 Å². The highest BCUT2D eigenvalue weighted by atomic mass is 16.4. The van der Waals surface area contributed by atoms with Gasteiger partial charge in [-0.1, -0.05) is 0 Å². The molecule has 18 heavy (non-hydrogen) atoms. The Balaban J connectivity index is 1.94. The summed E-state index contributed by atoms with van der Waals surface area (Å²) in [5.74, 6) is -1.10. The number of carboxylic acids is 1.